The minimum absolute atomic E-state index is 0.357. The molecule has 1 N–H and O–H groups in total. The Kier molecular flexibility index (Phi) is 4.11. The van der Waals surface area contributed by atoms with Gasteiger partial charge in [-0.05, 0) is 55.3 Å². The first-order valence-electron chi connectivity index (χ1n) is 6.53. The molecule has 1 aromatic rings. The van der Waals surface area contributed by atoms with Gasteiger partial charge in [0.15, 0.2) is 0 Å². The van der Waals surface area contributed by atoms with E-state index in [0.29, 0.717) is 5.41 Å². The van der Waals surface area contributed by atoms with Gasteiger partial charge in [-0.1, -0.05) is 37.6 Å². The highest BCUT2D eigenvalue weighted by Crippen LogP contribution is 2.27. The standard InChI is InChI=1S/C15H22ClN/c1-15(2,9-10-17-14-7-8-14)11-12-3-5-13(16)6-4-12/h3-6,14,17H,7-11H2,1-2H3. The van der Waals surface area contributed by atoms with Crippen molar-refractivity contribution in [1.29, 1.82) is 0 Å². The van der Waals surface area contributed by atoms with Crippen molar-refractivity contribution in [3.8, 4) is 0 Å². The van der Waals surface area contributed by atoms with Gasteiger partial charge in [0.1, 0.15) is 0 Å². The maximum Gasteiger partial charge on any atom is 0.0406 e. The Hall–Kier alpha value is -0.530. The normalized spacial score (nSPS) is 16.2. The van der Waals surface area contributed by atoms with Crippen LogP contribution >= 0.6 is 11.6 Å². The monoisotopic (exact) mass is 251 g/mol. The van der Waals surface area contributed by atoms with E-state index in [-0.39, 0.29) is 0 Å². The predicted octanol–water partition coefficient (Wildman–Crippen LogP) is 4.05. The topological polar surface area (TPSA) is 12.0 Å². The van der Waals surface area contributed by atoms with Gasteiger partial charge in [-0.2, -0.15) is 0 Å². The van der Waals surface area contributed by atoms with Gasteiger partial charge < -0.3 is 5.32 Å². The van der Waals surface area contributed by atoms with Gasteiger partial charge in [-0.15, -0.1) is 0 Å². The summed E-state index contributed by atoms with van der Waals surface area (Å²) < 4.78 is 0. The molecule has 1 aromatic carbocycles. The van der Waals surface area contributed by atoms with Crippen LogP contribution in [-0.4, -0.2) is 12.6 Å². The van der Waals surface area contributed by atoms with Crippen LogP contribution in [0.1, 0.15) is 38.7 Å². The summed E-state index contributed by atoms with van der Waals surface area (Å²) in [5.41, 5.74) is 1.74. The molecule has 94 valence electrons. The van der Waals surface area contributed by atoms with Gasteiger partial charge in [0, 0.05) is 11.1 Å². The number of rotatable bonds is 6. The smallest absolute Gasteiger partial charge is 0.0406 e. The zero-order valence-electron chi connectivity index (χ0n) is 10.8. The Morgan fingerprint density at radius 2 is 1.88 bits per heavy atom. The molecular formula is C15H22ClN. The van der Waals surface area contributed by atoms with E-state index < -0.39 is 0 Å². The number of nitrogens with one attached hydrogen (secondary N) is 1. The SMILES string of the molecule is CC(C)(CCNC1CC1)Cc1ccc(Cl)cc1. The van der Waals surface area contributed by atoms with E-state index in [4.69, 9.17) is 11.6 Å². The van der Waals surface area contributed by atoms with E-state index in [0.717, 1.165) is 24.0 Å². The third kappa shape index (κ3) is 4.69. The van der Waals surface area contributed by atoms with E-state index in [2.05, 4.69) is 31.3 Å². The van der Waals surface area contributed by atoms with Gasteiger partial charge in [-0.3, -0.25) is 0 Å². The van der Waals surface area contributed by atoms with Crippen molar-refractivity contribution in [3.63, 3.8) is 0 Å². The first-order chi connectivity index (χ1) is 8.05. The molecular weight excluding hydrogens is 230 g/mol. The maximum absolute atomic E-state index is 5.90. The second-order valence-electron chi connectivity index (χ2n) is 5.95. The summed E-state index contributed by atoms with van der Waals surface area (Å²) in [5.74, 6) is 0. The van der Waals surface area contributed by atoms with Crippen LogP contribution in [0.3, 0.4) is 0 Å². The molecule has 1 aliphatic carbocycles. The van der Waals surface area contributed by atoms with Crippen LogP contribution in [0.2, 0.25) is 5.02 Å². The molecule has 0 bridgehead atoms. The highest BCUT2D eigenvalue weighted by molar-refractivity contribution is 6.30. The Labute approximate surface area is 110 Å². The molecule has 0 aliphatic heterocycles. The Morgan fingerprint density at radius 3 is 2.47 bits per heavy atom. The van der Waals surface area contributed by atoms with Crippen molar-refractivity contribution in [2.24, 2.45) is 5.41 Å². The summed E-state index contributed by atoms with van der Waals surface area (Å²) in [4.78, 5) is 0. The highest BCUT2D eigenvalue weighted by atomic mass is 35.5. The molecule has 0 amide bonds. The first-order valence-corrected chi connectivity index (χ1v) is 6.91. The minimum atomic E-state index is 0.357. The molecule has 0 aromatic heterocycles. The molecule has 0 heterocycles. The van der Waals surface area contributed by atoms with Crippen LogP contribution in [0.4, 0.5) is 0 Å². The molecule has 1 saturated carbocycles. The van der Waals surface area contributed by atoms with Gasteiger partial charge >= 0.3 is 0 Å². The molecule has 2 rings (SSSR count). The molecule has 1 nitrogen and oxygen atoms in total. The predicted molar refractivity (Wildman–Crippen MR) is 74.6 cm³/mol. The number of benzene rings is 1. The van der Waals surface area contributed by atoms with Crippen molar-refractivity contribution in [2.75, 3.05) is 6.54 Å². The molecule has 0 spiro atoms. The summed E-state index contributed by atoms with van der Waals surface area (Å²) in [7, 11) is 0. The molecule has 17 heavy (non-hydrogen) atoms. The van der Waals surface area contributed by atoms with Crippen LogP contribution in [0.25, 0.3) is 0 Å². The van der Waals surface area contributed by atoms with Crippen molar-refractivity contribution in [2.45, 2.75) is 45.6 Å². The molecule has 1 fully saturated rings. The van der Waals surface area contributed by atoms with Gasteiger partial charge in [0.25, 0.3) is 0 Å². The lowest BCUT2D eigenvalue weighted by molar-refractivity contribution is 0.325. The van der Waals surface area contributed by atoms with E-state index in [9.17, 15) is 0 Å². The molecule has 2 heteroatoms. The lowest BCUT2D eigenvalue weighted by Crippen LogP contribution is -2.25. The second kappa shape index (κ2) is 5.41. The Bertz CT molecular complexity index is 352. The number of halogens is 1. The summed E-state index contributed by atoms with van der Waals surface area (Å²) >= 11 is 5.90. The highest BCUT2D eigenvalue weighted by Gasteiger charge is 2.23. The zero-order valence-corrected chi connectivity index (χ0v) is 11.6. The zero-order chi connectivity index (χ0) is 12.3. The molecule has 0 unspecified atom stereocenters. The third-order valence-corrected chi connectivity index (χ3v) is 3.66. The van der Waals surface area contributed by atoms with Crippen LogP contribution in [0.15, 0.2) is 24.3 Å². The lowest BCUT2D eigenvalue weighted by atomic mass is 9.82. The fourth-order valence-corrected chi connectivity index (χ4v) is 2.27. The molecule has 0 saturated heterocycles. The maximum atomic E-state index is 5.90. The number of hydrogen-bond donors (Lipinski definition) is 1. The van der Waals surface area contributed by atoms with Crippen molar-refractivity contribution < 1.29 is 0 Å². The van der Waals surface area contributed by atoms with Crippen molar-refractivity contribution >= 4 is 11.6 Å². The van der Waals surface area contributed by atoms with Crippen LogP contribution in [0.5, 0.6) is 0 Å². The minimum Gasteiger partial charge on any atom is -0.314 e. The van der Waals surface area contributed by atoms with E-state index in [1.807, 2.05) is 12.1 Å². The number of hydrogen-bond acceptors (Lipinski definition) is 1. The Balaban J connectivity index is 1.79. The summed E-state index contributed by atoms with van der Waals surface area (Å²) in [5, 5.41) is 4.41. The quantitative estimate of drug-likeness (QED) is 0.804. The fourth-order valence-electron chi connectivity index (χ4n) is 2.15. The molecule has 1 aliphatic rings. The third-order valence-electron chi connectivity index (χ3n) is 3.41. The van der Waals surface area contributed by atoms with Crippen LogP contribution in [0, 0.1) is 5.41 Å². The first kappa shape index (κ1) is 12.9. The van der Waals surface area contributed by atoms with Crippen molar-refractivity contribution in [1.82, 2.24) is 5.32 Å². The van der Waals surface area contributed by atoms with Gasteiger partial charge in [-0.25, -0.2) is 0 Å². The van der Waals surface area contributed by atoms with Crippen molar-refractivity contribution in [3.05, 3.63) is 34.9 Å². The average Bonchev–Trinajstić information content (AvgIpc) is 3.05. The van der Waals surface area contributed by atoms with Crippen LogP contribution in [-0.2, 0) is 6.42 Å². The van der Waals surface area contributed by atoms with E-state index in [1.54, 1.807) is 0 Å². The van der Waals surface area contributed by atoms with E-state index >= 15 is 0 Å². The van der Waals surface area contributed by atoms with E-state index in [1.165, 1.54) is 24.8 Å². The largest absolute Gasteiger partial charge is 0.314 e. The lowest BCUT2D eigenvalue weighted by Gasteiger charge is -2.25. The fraction of sp³-hybridized carbons (Fsp3) is 0.600. The summed E-state index contributed by atoms with van der Waals surface area (Å²) in [6.45, 7) is 5.83. The van der Waals surface area contributed by atoms with Gasteiger partial charge in [0.2, 0.25) is 0 Å². The second-order valence-corrected chi connectivity index (χ2v) is 6.38. The summed E-state index contributed by atoms with van der Waals surface area (Å²) in [6.07, 6.45) is 5.10. The van der Waals surface area contributed by atoms with Gasteiger partial charge in [0.05, 0.1) is 0 Å². The average molecular weight is 252 g/mol. The Morgan fingerprint density at radius 1 is 1.24 bits per heavy atom. The molecule has 0 atom stereocenters. The summed E-state index contributed by atoms with van der Waals surface area (Å²) in [6, 6.07) is 9.06. The van der Waals surface area contributed by atoms with Crippen LogP contribution < -0.4 is 5.32 Å². The molecule has 0 radical (unpaired) electrons.